The van der Waals surface area contributed by atoms with E-state index in [-0.39, 0.29) is 35.5 Å². The number of piperidine rings is 1. The van der Waals surface area contributed by atoms with Crippen LogP contribution in [0.3, 0.4) is 0 Å². The summed E-state index contributed by atoms with van der Waals surface area (Å²) in [5.41, 5.74) is 1.88. The van der Waals surface area contributed by atoms with Gasteiger partial charge in [0.25, 0.3) is 0 Å². The predicted molar refractivity (Wildman–Crippen MR) is 128 cm³/mol. The molecule has 0 bridgehead atoms. The van der Waals surface area contributed by atoms with Crippen LogP contribution in [-0.2, 0) is 27.1 Å². The number of sulfonamides is 1. The zero-order chi connectivity index (χ0) is 24.3. The molecule has 10 heteroatoms. The highest BCUT2D eigenvalue weighted by Crippen LogP contribution is 2.26. The highest BCUT2D eigenvalue weighted by Gasteiger charge is 2.32. The number of aromatic nitrogens is 2. The summed E-state index contributed by atoms with van der Waals surface area (Å²) in [5, 5.41) is 3.08. The molecular formula is C24H26ClFN4O3S. The van der Waals surface area contributed by atoms with Crippen LogP contribution in [0.15, 0.2) is 54.9 Å². The average molecular weight is 505 g/mol. The highest BCUT2D eigenvalue weighted by atomic mass is 35.5. The van der Waals surface area contributed by atoms with Gasteiger partial charge < -0.3 is 9.88 Å². The normalized spacial score (nSPS) is 15.4. The minimum Gasteiger partial charge on any atom is -0.352 e. The van der Waals surface area contributed by atoms with E-state index in [4.69, 9.17) is 11.6 Å². The molecule has 4 rings (SSSR count). The number of carbonyl (C=O) groups is 1. The minimum atomic E-state index is -3.75. The molecule has 1 fully saturated rings. The Labute approximate surface area is 203 Å². The maximum absolute atomic E-state index is 14.1. The number of amides is 1. The van der Waals surface area contributed by atoms with E-state index >= 15 is 0 Å². The molecule has 1 saturated heterocycles. The number of rotatable bonds is 7. The van der Waals surface area contributed by atoms with Gasteiger partial charge in [0.2, 0.25) is 15.9 Å². The van der Waals surface area contributed by atoms with Gasteiger partial charge in [0.05, 0.1) is 11.4 Å². The van der Waals surface area contributed by atoms with Crippen LogP contribution < -0.4 is 5.32 Å². The van der Waals surface area contributed by atoms with Crippen molar-refractivity contribution in [1.29, 1.82) is 0 Å². The highest BCUT2D eigenvalue weighted by molar-refractivity contribution is 7.88. The molecule has 1 N–H and O–H groups in total. The Bertz CT molecular complexity index is 1270. The van der Waals surface area contributed by atoms with Crippen LogP contribution in [0.5, 0.6) is 0 Å². The standard InChI is InChI=1S/C24H26ClFN4O3S/c1-17-27-11-14-30(17)23-8-3-2-5-19(23)15-28-24(31)18-9-12-29(13-10-18)34(32,33)16-20-21(25)6-4-7-22(20)26/h2-8,11,14,18H,9-10,12-13,15-16H2,1H3,(H,28,31). The lowest BCUT2D eigenvalue weighted by Crippen LogP contribution is -2.43. The third-order valence-corrected chi connectivity index (χ3v) is 8.30. The molecule has 34 heavy (non-hydrogen) atoms. The van der Waals surface area contributed by atoms with Gasteiger partial charge in [-0.05, 0) is 43.5 Å². The molecule has 180 valence electrons. The molecule has 2 aromatic carbocycles. The number of nitrogens with one attached hydrogen (secondary N) is 1. The van der Waals surface area contributed by atoms with Gasteiger partial charge in [-0.15, -0.1) is 0 Å². The van der Waals surface area contributed by atoms with Crippen molar-refractivity contribution in [3.8, 4) is 5.69 Å². The molecule has 7 nitrogen and oxygen atoms in total. The number of hydrogen-bond acceptors (Lipinski definition) is 4. The predicted octanol–water partition coefficient (Wildman–Crippen LogP) is 3.83. The van der Waals surface area contributed by atoms with E-state index in [2.05, 4.69) is 10.3 Å². The molecule has 0 unspecified atom stereocenters. The molecular weight excluding hydrogens is 479 g/mol. The van der Waals surface area contributed by atoms with Gasteiger partial charge in [-0.1, -0.05) is 35.9 Å². The van der Waals surface area contributed by atoms with Crippen molar-refractivity contribution >= 4 is 27.5 Å². The van der Waals surface area contributed by atoms with E-state index in [1.165, 1.54) is 22.5 Å². The fourth-order valence-electron chi connectivity index (χ4n) is 4.19. The summed E-state index contributed by atoms with van der Waals surface area (Å²) in [6.07, 6.45) is 4.41. The topological polar surface area (TPSA) is 84.3 Å². The first-order chi connectivity index (χ1) is 16.3. The van der Waals surface area contributed by atoms with Gasteiger partial charge >= 0.3 is 0 Å². The Morgan fingerprint density at radius 1 is 1.18 bits per heavy atom. The monoisotopic (exact) mass is 504 g/mol. The van der Waals surface area contributed by atoms with Crippen LogP contribution in [0.4, 0.5) is 4.39 Å². The number of halogens is 2. The van der Waals surface area contributed by atoms with E-state index < -0.39 is 21.6 Å². The van der Waals surface area contributed by atoms with Crippen molar-refractivity contribution in [2.45, 2.75) is 32.1 Å². The Morgan fingerprint density at radius 3 is 2.59 bits per heavy atom. The van der Waals surface area contributed by atoms with E-state index in [1.54, 1.807) is 6.20 Å². The fourth-order valence-corrected chi connectivity index (χ4v) is 6.11. The Balaban J connectivity index is 1.34. The second-order valence-corrected chi connectivity index (χ2v) is 10.7. The van der Waals surface area contributed by atoms with E-state index in [0.29, 0.717) is 19.4 Å². The lowest BCUT2D eigenvalue weighted by molar-refractivity contribution is -0.126. The van der Waals surface area contributed by atoms with Crippen LogP contribution in [0, 0.1) is 18.7 Å². The van der Waals surface area contributed by atoms with Crippen molar-refractivity contribution in [3.05, 3.63) is 82.6 Å². The number of imidazole rings is 1. The molecule has 1 aliphatic heterocycles. The lowest BCUT2D eigenvalue weighted by Gasteiger charge is -2.30. The first-order valence-electron chi connectivity index (χ1n) is 11.0. The Morgan fingerprint density at radius 2 is 1.91 bits per heavy atom. The summed E-state index contributed by atoms with van der Waals surface area (Å²) in [6.45, 7) is 2.68. The van der Waals surface area contributed by atoms with E-state index in [1.807, 2.05) is 42.0 Å². The summed E-state index contributed by atoms with van der Waals surface area (Å²) >= 11 is 6.00. The zero-order valence-electron chi connectivity index (χ0n) is 18.7. The van der Waals surface area contributed by atoms with Crippen LogP contribution in [0.1, 0.15) is 29.8 Å². The van der Waals surface area contributed by atoms with E-state index in [0.717, 1.165) is 17.1 Å². The van der Waals surface area contributed by atoms with Crippen molar-refractivity contribution in [2.24, 2.45) is 5.92 Å². The molecule has 0 aliphatic carbocycles. The van der Waals surface area contributed by atoms with Crippen molar-refractivity contribution < 1.29 is 17.6 Å². The first-order valence-corrected chi connectivity index (χ1v) is 13.0. The summed E-state index contributed by atoms with van der Waals surface area (Å²) in [6, 6.07) is 11.9. The number of carbonyl (C=O) groups excluding carboxylic acids is 1. The number of aryl methyl sites for hydroxylation is 1. The smallest absolute Gasteiger partial charge is 0.223 e. The largest absolute Gasteiger partial charge is 0.352 e. The second kappa shape index (κ2) is 10.2. The molecule has 2 heterocycles. The quantitative estimate of drug-likeness (QED) is 0.530. The Hall–Kier alpha value is -2.75. The molecule has 0 atom stereocenters. The maximum Gasteiger partial charge on any atom is 0.223 e. The van der Waals surface area contributed by atoms with Gasteiger partial charge in [0.1, 0.15) is 11.6 Å². The number of hydrogen-bond donors (Lipinski definition) is 1. The van der Waals surface area contributed by atoms with Crippen LogP contribution in [-0.4, -0.2) is 41.3 Å². The summed E-state index contributed by atoms with van der Waals surface area (Å²) in [5.74, 6) is -0.683. The van der Waals surface area contributed by atoms with Gasteiger partial charge in [0.15, 0.2) is 0 Å². The van der Waals surface area contributed by atoms with Gasteiger partial charge in [0, 0.05) is 48.5 Å². The summed E-state index contributed by atoms with van der Waals surface area (Å²) in [7, 11) is -3.75. The van der Waals surface area contributed by atoms with E-state index in [9.17, 15) is 17.6 Å². The zero-order valence-corrected chi connectivity index (χ0v) is 20.3. The molecule has 3 aromatic rings. The van der Waals surface area contributed by atoms with Crippen molar-refractivity contribution in [3.63, 3.8) is 0 Å². The third kappa shape index (κ3) is 5.32. The lowest BCUT2D eigenvalue weighted by atomic mass is 9.97. The van der Waals surface area contributed by atoms with Gasteiger partial charge in [-0.2, -0.15) is 0 Å². The summed E-state index contributed by atoms with van der Waals surface area (Å²) in [4.78, 5) is 17.1. The third-order valence-electron chi connectivity index (χ3n) is 6.14. The van der Waals surface area contributed by atoms with Crippen LogP contribution in [0.2, 0.25) is 5.02 Å². The van der Waals surface area contributed by atoms with Crippen LogP contribution in [0.25, 0.3) is 5.69 Å². The summed E-state index contributed by atoms with van der Waals surface area (Å²) < 4.78 is 43.0. The number of para-hydroxylation sites is 1. The van der Waals surface area contributed by atoms with Crippen molar-refractivity contribution in [1.82, 2.24) is 19.2 Å². The Kier molecular flexibility index (Phi) is 7.35. The number of nitrogens with zero attached hydrogens (tertiary/aromatic N) is 3. The molecule has 0 spiro atoms. The van der Waals surface area contributed by atoms with Crippen LogP contribution >= 0.6 is 11.6 Å². The molecule has 1 aromatic heterocycles. The molecule has 1 aliphatic rings. The molecule has 1 amide bonds. The fraction of sp³-hybridized carbons (Fsp3) is 0.333. The molecule has 0 saturated carbocycles. The first kappa shape index (κ1) is 24.4. The SMILES string of the molecule is Cc1nccn1-c1ccccc1CNC(=O)C1CCN(S(=O)(=O)Cc2c(F)cccc2Cl)CC1. The number of benzene rings is 2. The minimum absolute atomic E-state index is 0.0316. The maximum atomic E-state index is 14.1. The van der Waals surface area contributed by atoms with Crippen molar-refractivity contribution in [2.75, 3.05) is 13.1 Å². The van der Waals surface area contributed by atoms with Gasteiger partial charge in [-0.25, -0.2) is 22.1 Å². The molecule has 0 radical (unpaired) electrons. The second-order valence-electron chi connectivity index (χ2n) is 8.32. The average Bonchev–Trinajstić information content (AvgIpc) is 3.26. The van der Waals surface area contributed by atoms with Gasteiger partial charge in [-0.3, -0.25) is 4.79 Å².